The lowest BCUT2D eigenvalue weighted by molar-refractivity contribution is -0.121. The molecule has 0 aliphatic carbocycles. The zero-order valence-electron chi connectivity index (χ0n) is 11.1. The van der Waals surface area contributed by atoms with Gasteiger partial charge in [0.25, 0.3) is 0 Å². The van der Waals surface area contributed by atoms with Gasteiger partial charge in [0.1, 0.15) is 6.54 Å². The summed E-state index contributed by atoms with van der Waals surface area (Å²) >= 11 is 0. The van der Waals surface area contributed by atoms with E-state index in [1.54, 1.807) is 10.8 Å². The number of carbonyl (C=O) groups excluding carboxylic acids is 1. The summed E-state index contributed by atoms with van der Waals surface area (Å²) < 4.78 is 2.99. The summed E-state index contributed by atoms with van der Waals surface area (Å²) in [5.74, 6) is -1.30. The Hall–Kier alpha value is -2.75. The molecule has 10 heteroatoms. The number of hydrogen-bond donors (Lipinski definition) is 3. The summed E-state index contributed by atoms with van der Waals surface area (Å²) in [6.45, 7) is 1.11. The third-order valence-corrected chi connectivity index (χ3v) is 2.65. The summed E-state index contributed by atoms with van der Waals surface area (Å²) in [4.78, 5) is 26.0. The molecule has 112 valence electrons. The highest BCUT2D eigenvalue weighted by atomic mass is 16.4. The summed E-state index contributed by atoms with van der Waals surface area (Å²) in [5.41, 5.74) is 5.98. The van der Waals surface area contributed by atoms with Crippen molar-refractivity contribution in [3.8, 4) is 0 Å². The van der Waals surface area contributed by atoms with Crippen molar-refractivity contribution in [3.05, 3.63) is 30.1 Å². The third kappa shape index (κ3) is 4.11. The van der Waals surface area contributed by atoms with Gasteiger partial charge in [0.05, 0.1) is 18.2 Å². The monoisotopic (exact) mass is 293 g/mol. The quantitative estimate of drug-likeness (QED) is 0.561. The zero-order valence-corrected chi connectivity index (χ0v) is 11.1. The Morgan fingerprint density at radius 2 is 2.19 bits per heavy atom. The van der Waals surface area contributed by atoms with Gasteiger partial charge in [-0.05, 0) is 0 Å². The number of hydrogen-bond acceptors (Lipinski definition) is 6. The predicted octanol–water partition coefficient (Wildman–Crippen LogP) is -1.55. The number of amides is 1. The highest BCUT2D eigenvalue weighted by Crippen LogP contribution is 1.95. The number of aromatic carboxylic acids is 1. The van der Waals surface area contributed by atoms with Crippen LogP contribution >= 0.6 is 0 Å². The van der Waals surface area contributed by atoms with E-state index in [1.165, 1.54) is 17.2 Å². The summed E-state index contributed by atoms with van der Waals surface area (Å²) in [7, 11) is 0. The maximum atomic E-state index is 11.7. The Morgan fingerprint density at radius 3 is 2.81 bits per heavy atom. The van der Waals surface area contributed by atoms with Crippen LogP contribution in [-0.4, -0.2) is 48.1 Å². The molecule has 0 aromatic carbocycles. The number of imidazole rings is 1. The number of carboxylic acids is 1. The number of aromatic nitrogens is 5. The third-order valence-electron chi connectivity index (χ3n) is 2.65. The van der Waals surface area contributed by atoms with E-state index in [4.69, 9.17) is 10.8 Å². The molecule has 0 unspecified atom stereocenters. The second-order valence-corrected chi connectivity index (χ2v) is 4.26. The van der Waals surface area contributed by atoms with Crippen LogP contribution in [0.1, 0.15) is 16.2 Å². The molecule has 0 saturated carbocycles. The Morgan fingerprint density at radius 1 is 1.38 bits per heavy atom. The zero-order chi connectivity index (χ0) is 15.2. The standard InChI is InChI=1S/C11H15N7O3/c12-3-8-4-18(16-15-8)6-10(19)13-1-2-17-5-9(11(20)21)14-7-17/h4-5,7H,1-3,6,12H2,(H,13,19)(H,20,21). The summed E-state index contributed by atoms with van der Waals surface area (Å²) in [6, 6.07) is 0. The highest BCUT2D eigenvalue weighted by molar-refractivity contribution is 5.84. The number of nitrogens with one attached hydrogen (secondary N) is 1. The molecular weight excluding hydrogens is 278 g/mol. The van der Waals surface area contributed by atoms with Gasteiger partial charge >= 0.3 is 5.97 Å². The van der Waals surface area contributed by atoms with Gasteiger partial charge in [-0.25, -0.2) is 14.5 Å². The van der Waals surface area contributed by atoms with Crippen molar-refractivity contribution in [3.63, 3.8) is 0 Å². The van der Waals surface area contributed by atoms with Gasteiger partial charge in [-0.2, -0.15) is 0 Å². The van der Waals surface area contributed by atoms with E-state index in [2.05, 4.69) is 20.6 Å². The second-order valence-electron chi connectivity index (χ2n) is 4.26. The van der Waals surface area contributed by atoms with Gasteiger partial charge in [-0.15, -0.1) is 5.10 Å². The van der Waals surface area contributed by atoms with Crippen LogP contribution in [0, 0.1) is 0 Å². The molecule has 2 rings (SSSR count). The van der Waals surface area contributed by atoms with Gasteiger partial charge in [0.15, 0.2) is 5.69 Å². The Labute approximate surface area is 119 Å². The number of nitrogens with zero attached hydrogens (tertiary/aromatic N) is 5. The lowest BCUT2D eigenvalue weighted by atomic mass is 10.5. The van der Waals surface area contributed by atoms with Crippen molar-refractivity contribution >= 4 is 11.9 Å². The molecule has 10 nitrogen and oxygen atoms in total. The molecule has 0 bridgehead atoms. The average Bonchev–Trinajstić information content (AvgIpc) is 3.07. The van der Waals surface area contributed by atoms with Crippen LogP contribution in [0.25, 0.3) is 0 Å². The van der Waals surface area contributed by atoms with Crippen LogP contribution in [0.4, 0.5) is 0 Å². The van der Waals surface area contributed by atoms with Gasteiger partial charge < -0.3 is 20.7 Å². The molecule has 21 heavy (non-hydrogen) atoms. The number of nitrogens with two attached hydrogens (primary N) is 1. The van der Waals surface area contributed by atoms with Crippen LogP contribution in [0.15, 0.2) is 18.7 Å². The maximum absolute atomic E-state index is 11.7. The Kier molecular flexibility index (Phi) is 4.61. The molecule has 1 amide bonds. The first-order chi connectivity index (χ1) is 10.1. The largest absolute Gasteiger partial charge is 0.476 e. The molecule has 0 aliphatic rings. The molecule has 4 N–H and O–H groups in total. The molecule has 0 spiro atoms. The molecule has 0 saturated heterocycles. The summed E-state index contributed by atoms with van der Waals surface area (Å²) in [5, 5.41) is 19.0. The van der Waals surface area contributed by atoms with Gasteiger partial charge in [0, 0.05) is 25.8 Å². The number of rotatable bonds is 7. The van der Waals surface area contributed by atoms with Crippen molar-refractivity contribution in [2.75, 3.05) is 6.54 Å². The van der Waals surface area contributed by atoms with Crippen LogP contribution in [0.2, 0.25) is 0 Å². The van der Waals surface area contributed by atoms with E-state index in [9.17, 15) is 9.59 Å². The van der Waals surface area contributed by atoms with E-state index in [0.29, 0.717) is 18.8 Å². The fourth-order valence-corrected chi connectivity index (χ4v) is 1.63. The smallest absolute Gasteiger partial charge is 0.356 e. The fraction of sp³-hybridized carbons (Fsp3) is 0.364. The molecule has 2 aromatic rings. The topological polar surface area (TPSA) is 141 Å². The van der Waals surface area contributed by atoms with E-state index in [1.807, 2.05) is 0 Å². The van der Waals surface area contributed by atoms with Crippen molar-refractivity contribution in [1.29, 1.82) is 0 Å². The molecular formula is C11H15N7O3. The first-order valence-electron chi connectivity index (χ1n) is 6.19. The van der Waals surface area contributed by atoms with Gasteiger partial charge in [-0.1, -0.05) is 5.21 Å². The normalized spacial score (nSPS) is 10.5. The molecule has 2 heterocycles. The minimum absolute atomic E-state index is 0.0294. The molecule has 0 atom stereocenters. The first-order valence-corrected chi connectivity index (χ1v) is 6.19. The Bertz CT molecular complexity index is 633. The van der Waals surface area contributed by atoms with Crippen LogP contribution < -0.4 is 11.1 Å². The minimum Gasteiger partial charge on any atom is -0.476 e. The highest BCUT2D eigenvalue weighted by Gasteiger charge is 2.07. The average molecular weight is 293 g/mol. The van der Waals surface area contributed by atoms with E-state index < -0.39 is 5.97 Å². The van der Waals surface area contributed by atoms with Crippen molar-refractivity contribution in [1.82, 2.24) is 29.9 Å². The first kappa shape index (κ1) is 14.7. The van der Waals surface area contributed by atoms with E-state index >= 15 is 0 Å². The van der Waals surface area contributed by atoms with Crippen molar-refractivity contribution < 1.29 is 14.7 Å². The van der Waals surface area contributed by atoms with E-state index in [0.717, 1.165) is 0 Å². The fourth-order valence-electron chi connectivity index (χ4n) is 1.63. The lowest BCUT2D eigenvalue weighted by Crippen LogP contribution is -2.30. The number of carbonyl (C=O) groups is 2. The van der Waals surface area contributed by atoms with Crippen LogP contribution in [-0.2, 0) is 24.4 Å². The minimum atomic E-state index is -1.08. The van der Waals surface area contributed by atoms with Crippen LogP contribution in [0.5, 0.6) is 0 Å². The van der Waals surface area contributed by atoms with Crippen LogP contribution in [0.3, 0.4) is 0 Å². The molecule has 2 aromatic heterocycles. The SMILES string of the molecule is NCc1cn(CC(=O)NCCn2cnc(C(=O)O)c2)nn1. The molecule has 0 aliphatic heterocycles. The Balaban J connectivity index is 1.74. The lowest BCUT2D eigenvalue weighted by Gasteiger charge is -2.05. The van der Waals surface area contributed by atoms with Crippen molar-refractivity contribution in [2.45, 2.75) is 19.6 Å². The molecule has 0 fully saturated rings. The van der Waals surface area contributed by atoms with Gasteiger partial charge in [-0.3, -0.25) is 4.79 Å². The van der Waals surface area contributed by atoms with E-state index in [-0.39, 0.29) is 24.7 Å². The number of carboxylic acid groups (broad SMARTS) is 1. The maximum Gasteiger partial charge on any atom is 0.356 e. The van der Waals surface area contributed by atoms with Crippen molar-refractivity contribution in [2.24, 2.45) is 5.73 Å². The predicted molar refractivity (Wildman–Crippen MR) is 70.1 cm³/mol. The van der Waals surface area contributed by atoms with Gasteiger partial charge in [0.2, 0.25) is 5.91 Å². The molecule has 0 radical (unpaired) electrons. The summed E-state index contributed by atoms with van der Waals surface area (Å²) in [6.07, 6.45) is 4.41. The second kappa shape index (κ2) is 6.61.